The van der Waals surface area contributed by atoms with Crippen molar-refractivity contribution in [2.75, 3.05) is 11.4 Å². The number of para-hydroxylation sites is 1. The normalized spacial score (nSPS) is 12.2. The fourth-order valence-electron chi connectivity index (χ4n) is 2.48. The molecule has 0 aliphatic carbocycles. The Bertz CT molecular complexity index is 570. The van der Waals surface area contributed by atoms with Crippen LogP contribution in [0.3, 0.4) is 0 Å². The summed E-state index contributed by atoms with van der Waals surface area (Å²) in [5.74, 6) is 0. The van der Waals surface area contributed by atoms with Gasteiger partial charge in [-0.3, -0.25) is 4.98 Å². The molecule has 2 aromatic rings. The number of hydrogen-bond acceptors (Lipinski definition) is 3. The smallest absolute Gasteiger partial charge is 0.0642 e. The minimum atomic E-state index is 0.113. The molecule has 0 radical (unpaired) electrons. The Morgan fingerprint density at radius 2 is 1.95 bits per heavy atom. The Morgan fingerprint density at radius 1 is 1.24 bits per heavy atom. The maximum atomic E-state index is 6.46. The molecule has 3 nitrogen and oxygen atoms in total. The van der Waals surface area contributed by atoms with Gasteiger partial charge in [0.2, 0.25) is 0 Å². The van der Waals surface area contributed by atoms with E-state index < -0.39 is 0 Å². The standard InChI is InChI=1S/C17H22ClN3/c1-3-21(12-14-7-9-20-10-8-14)17-15(11-13(2)19)5-4-6-16(17)18/h4-10,13H,3,11-12,19H2,1-2H3. The van der Waals surface area contributed by atoms with Gasteiger partial charge >= 0.3 is 0 Å². The van der Waals surface area contributed by atoms with E-state index in [1.807, 2.05) is 43.6 Å². The van der Waals surface area contributed by atoms with Crippen molar-refractivity contribution in [3.63, 3.8) is 0 Å². The van der Waals surface area contributed by atoms with E-state index in [2.05, 4.69) is 22.9 Å². The van der Waals surface area contributed by atoms with Gasteiger partial charge in [-0.25, -0.2) is 0 Å². The van der Waals surface area contributed by atoms with E-state index in [1.165, 1.54) is 11.1 Å². The Labute approximate surface area is 131 Å². The van der Waals surface area contributed by atoms with Crippen LogP contribution in [0.25, 0.3) is 0 Å². The second-order valence-electron chi connectivity index (χ2n) is 5.30. The maximum Gasteiger partial charge on any atom is 0.0642 e. The van der Waals surface area contributed by atoms with Crippen molar-refractivity contribution in [3.05, 3.63) is 58.9 Å². The molecule has 0 saturated heterocycles. The first-order valence-corrected chi connectivity index (χ1v) is 7.66. The quantitative estimate of drug-likeness (QED) is 0.885. The van der Waals surface area contributed by atoms with Crippen molar-refractivity contribution in [2.24, 2.45) is 5.73 Å². The molecule has 2 N–H and O–H groups in total. The summed E-state index contributed by atoms with van der Waals surface area (Å²) in [6, 6.07) is 10.2. The predicted molar refractivity (Wildman–Crippen MR) is 89.8 cm³/mol. The van der Waals surface area contributed by atoms with Gasteiger partial charge in [0.15, 0.2) is 0 Å². The highest BCUT2D eigenvalue weighted by molar-refractivity contribution is 6.33. The lowest BCUT2D eigenvalue weighted by Gasteiger charge is -2.27. The molecule has 0 aliphatic rings. The highest BCUT2D eigenvalue weighted by Gasteiger charge is 2.15. The Kier molecular flexibility index (Phi) is 5.59. The maximum absolute atomic E-state index is 6.46. The molecule has 1 aromatic carbocycles. The van der Waals surface area contributed by atoms with Crippen molar-refractivity contribution in [1.29, 1.82) is 0 Å². The van der Waals surface area contributed by atoms with E-state index in [0.717, 1.165) is 30.2 Å². The number of nitrogens with two attached hydrogens (primary N) is 1. The van der Waals surface area contributed by atoms with Gasteiger partial charge in [0, 0.05) is 31.5 Å². The molecule has 1 aromatic heterocycles. The predicted octanol–water partition coefficient (Wildman–Crippen LogP) is 3.65. The summed E-state index contributed by atoms with van der Waals surface area (Å²) in [5, 5.41) is 0.782. The number of hydrogen-bond donors (Lipinski definition) is 1. The minimum absolute atomic E-state index is 0.113. The topological polar surface area (TPSA) is 42.2 Å². The van der Waals surface area contributed by atoms with Crippen LogP contribution in [-0.4, -0.2) is 17.6 Å². The fourth-order valence-corrected chi connectivity index (χ4v) is 2.80. The molecule has 1 atom stereocenters. The summed E-state index contributed by atoms with van der Waals surface area (Å²) in [7, 11) is 0. The summed E-state index contributed by atoms with van der Waals surface area (Å²) in [6.07, 6.45) is 4.46. The summed E-state index contributed by atoms with van der Waals surface area (Å²) in [5.41, 5.74) is 9.48. The van der Waals surface area contributed by atoms with Gasteiger partial charge in [-0.15, -0.1) is 0 Å². The van der Waals surface area contributed by atoms with Crippen LogP contribution < -0.4 is 10.6 Å². The third-order valence-corrected chi connectivity index (χ3v) is 3.74. The van der Waals surface area contributed by atoms with Crippen LogP contribution in [0.2, 0.25) is 5.02 Å². The SMILES string of the molecule is CCN(Cc1ccncc1)c1c(Cl)cccc1CC(C)N. The lowest BCUT2D eigenvalue weighted by Crippen LogP contribution is -2.26. The van der Waals surface area contributed by atoms with Crippen LogP contribution in [0.15, 0.2) is 42.7 Å². The molecule has 1 heterocycles. The average Bonchev–Trinajstić information content (AvgIpc) is 2.46. The Balaban J connectivity index is 2.32. The van der Waals surface area contributed by atoms with Crippen molar-refractivity contribution in [3.8, 4) is 0 Å². The van der Waals surface area contributed by atoms with Gasteiger partial charge in [-0.05, 0) is 49.6 Å². The van der Waals surface area contributed by atoms with Crippen LogP contribution in [0.4, 0.5) is 5.69 Å². The lowest BCUT2D eigenvalue weighted by molar-refractivity contribution is 0.729. The van der Waals surface area contributed by atoms with Crippen LogP contribution in [0, 0.1) is 0 Å². The molecule has 4 heteroatoms. The Hall–Kier alpha value is -1.58. The van der Waals surface area contributed by atoms with E-state index in [9.17, 15) is 0 Å². The number of halogens is 1. The van der Waals surface area contributed by atoms with Crippen LogP contribution >= 0.6 is 11.6 Å². The molecule has 112 valence electrons. The fraction of sp³-hybridized carbons (Fsp3) is 0.353. The zero-order chi connectivity index (χ0) is 15.2. The number of aromatic nitrogens is 1. The molecule has 1 unspecified atom stereocenters. The number of nitrogens with zero attached hydrogens (tertiary/aromatic N) is 2. The second-order valence-corrected chi connectivity index (χ2v) is 5.71. The van der Waals surface area contributed by atoms with Crippen LogP contribution in [0.5, 0.6) is 0 Å². The summed E-state index contributed by atoms with van der Waals surface area (Å²) >= 11 is 6.46. The number of pyridine rings is 1. The average molecular weight is 304 g/mol. The first-order chi connectivity index (χ1) is 10.1. The van der Waals surface area contributed by atoms with E-state index >= 15 is 0 Å². The largest absolute Gasteiger partial charge is 0.366 e. The zero-order valence-electron chi connectivity index (χ0n) is 12.6. The molecule has 0 bridgehead atoms. The molecular weight excluding hydrogens is 282 g/mol. The molecule has 0 aliphatic heterocycles. The van der Waals surface area contributed by atoms with Crippen molar-refractivity contribution in [2.45, 2.75) is 32.9 Å². The zero-order valence-corrected chi connectivity index (χ0v) is 13.3. The molecule has 0 saturated carbocycles. The summed E-state index contributed by atoms with van der Waals surface area (Å²) in [6.45, 7) is 5.86. The van der Waals surface area contributed by atoms with Gasteiger partial charge in [-0.2, -0.15) is 0 Å². The van der Waals surface area contributed by atoms with E-state index in [-0.39, 0.29) is 6.04 Å². The molecular formula is C17H22ClN3. The van der Waals surface area contributed by atoms with Gasteiger partial charge in [-0.1, -0.05) is 23.7 Å². The van der Waals surface area contributed by atoms with Gasteiger partial charge in [0.05, 0.1) is 10.7 Å². The monoisotopic (exact) mass is 303 g/mol. The second kappa shape index (κ2) is 7.43. The number of rotatable bonds is 6. The van der Waals surface area contributed by atoms with Crippen molar-refractivity contribution < 1.29 is 0 Å². The Morgan fingerprint density at radius 3 is 2.57 bits per heavy atom. The molecule has 0 fully saturated rings. The van der Waals surface area contributed by atoms with Crippen molar-refractivity contribution in [1.82, 2.24) is 4.98 Å². The van der Waals surface area contributed by atoms with Crippen LogP contribution in [0.1, 0.15) is 25.0 Å². The van der Waals surface area contributed by atoms with Gasteiger partial charge in [0.25, 0.3) is 0 Å². The highest BCUT2D eigenvalue weighted by atomic mass is 35.5. The van der Waals surface area contributed by atoms with Gasteiger partial charge < -0.3 is 10.6 Å². The summed E-state index contributed by atoms with van der Waals surface area (Å²) in [4.78, 5) is 6.35. The van der Waals surface area contributed by atoms with E-state index in [4.69, 9.17) is 17.3 Å². The first-order valence-electron chi connectivity index (χ1n) is 7.28. The number of benzene rings is 1. The molecule has 2 rings (SSSR count). The minimum Gasteiger partial charge on any atom is -0.366 e. The van der Waals surface area contributed by atoms with Crippen molar-refractivity contribution >= 4 is 17.3 Å². The van der Waals surface area contributed by atoms with E-state index in [0.29, 0.717) is 0 Å². The van der Waals surface area contributed by atoms with Gasteiger partial charge in [0.1, 0.15) is 0 Å². The lowest BCUT2D eigenvalue weighted by atomic mass is 10.0. The molecule has 0 amide bonds. The highest BCUT2D eigenvalue weighted by Crippen LogP contribution is 2.31. The molecule has 21 heavy (non-hydrogen) atoms. The van der Waals surface area contributed by atoms with Crippen LogP contribution in [-0.2, 0) is 13.0 Å². The first kappa shape index (κ1) is 15.8. The summed E-state index contributed by atoms with van der Waals surface area (Å²) < 4.78 is 0. The third kappa shape index (κ3) is 4.19. The third-order valence-electron chi connectivity index (χ3n) is 3.43. The number of anilines is 1. The van der Waals surface area contributed by atoms with E-state index in [1.54, 1.807) is 0 Å². The molecule has 0 spiro atoms.